The van der Waals surface area contributed by atoms with Crippen LogP contribution in [0.5, 0.6) is 0 Å². The number of carbonyl (C=O) groups excluding carboxylic acids is 2. The van der Waals surface area contributed by atoms with Gasteiger partial charge in [0.2, 0.25) is 0 Å². The van der Waals surface area contributed by atoms with E-state index in [2.05, 4.69) is 9.97 Å². The molecule has 27 heavy (non-hydrogen) atoms. The summed E-state index contributed by atoms with van der Waals surface area (Å²) in [5.74, 6) is -1.35. The van der Waals surface area contributed by atoms with Crippen molar-refractivity contribution in [3.05, 3.63) is 51.9 Å². The van der Waals surface area contributed by atoms with Crippen molar-refractivity contribution in [1.82, 2.24) is 9.97 Å². The molecule has 1 aliphatic rings. The van der Waals surface area contributed by atoms with Crippen LogP contribution in [-0.2, 0) is 36.8 Å². The molecule has 1 N–H and O–H groups in total. The summed E-state index contributed by atoms with van der Waals surface area (Å²) in [7, 11) is 0. The molecule has 8 heteroatoms. The molecule has 0 fully saturated rings. The van der Waals surface area contributed by atoms with E-state index in [0.717, 1.165) is 0 Å². The lowest BCUT2D eigenvalue weighted by Crippen LogP contribution is -2.55. The fraction of sp³-hybridized carbons (Fsp3) is 0.368. The maximum absolute atomic E-state index is 12.5. The second-order valence-corrected chi connectivity index (χ2v) is 5.94. The normalized spacial score (nSPS) is 14.9. The average molecular weight is 372 g/mol. The highest BCUT2D eigenvalue weighted by Crippen LogP contribution is 2.29. The number of aromatic amines is 1. The number of nitrogens with one attached hydrogen (secondary N) is 1. The largest absolute Gasteiger partial charge is 0.463 e. The predicted octanol–water partition coefficient (Wildman–Crippen LogP) is 1.37. The van der Waals surface area contributed by atoms with Gasteiger partial charge in [-0.2, -0.15) is 0 Å². The van der Waals surface area contributed by atoms with E-state index < -0.39 is 17.5 Å². The minimum Gasteiger partial charge on any atom is -0.463 e. The fourth-order valence-corrected chi connectivity index (χ4v) is 2.90. The molecule has 0 atom stereocenters. The highest BCUT2D eigenvalue weighted by molar-refractivity contribution is 6.04. The Morgan fingerprint density at radius 2 is 1.78 bits per heavy atom. The Bertz CT molecular complexity index is 888. The van der Waals surface area contributed by atoms with Gasteiger partial charge in [-0.15, -0.1) is 0 Å². The Kier molecular flexibility index (Phi) is 5.36. The summed E-state index contributed by atoms with van der Waals surface area (Å²) in [5, 5.41) is 0. The molecule has 0 amide bonds. The standard InChI is InChI=1S/C19H20N2O6/c1-3-25-17(23)19(18(24)26-4-2)10-14-13(11-27-19)16(22)21-15(20-14)12-8-6-5-7-9-12/h5-9H,3-4,10-11H2,1-2H3,(H,20,21,22). The number of carbonyl (C=O) groups is 2. The molecule has 8 nitrogen and oxygen atoms in total. The van der Waals surface area contributed by atoms with Crippen LogP contribution in [0, 0.1) is 0 Å². The lowest BCUT2D eigenvalue weighted by molar-refractivity contribution is -0.194. The van der Waals surface area contributed by atoms with Crippen molar-refractivity contribution in [1.29, 1.82) is 0 Å². The zero-order valence-corrected chi connectivity index (χ0v) is 15.1. The van der Waals surface area contributed by atoms with E-state index in [4.69, 9.17) is 14.2 Å². The van der Waals surface area contributed by atoms with Gasteiger partial charge in [0.05, 0.1) is 31.1 Å². The number of rotatable bonds is 5. The van der Waals surface area contributed by atoms with Crippen LogP contribution in [0.1, 0.15) is 25.1 Å². The second-order valence-electron chi connectivity index (χ2n) is 5.94. The Balaban J connectivity index is 2.06. The van der Waals surface area contributed by atoms with E-state index in [-0.39, 0.29) is 37.4 Å². The van der Waals surface area contributed by atoms with Crippen LogP contribution in [-0.4, -0.2) is 40.7 Å². The molecule has 0 spiro atoms. The Morgan fingerprint density at radius 3 is 2.37 bits per heavy atom. The van der Waals surface area contributed by atoms with Crippen LogP contribution >= 0.6 is 0 Å². The van der Waals surface area contributed by atoms with Gasteiger partial charge in [0.15, 0.2) is 0 Å². The molecule has 0 bridgehead atoms. The third kappa shape index (κ3) is 3.48. The molecule has 142 valence electrons. The third-order valence-corrected chi connectivity index (χ3v) is 4.24. The van der Waals surface area contributed by atoms with Gasteiger partial charge in [0.25, 0.3) is 11.2 Å². The molecule has 1 aromatic carbocycles. The molecule has 2 aromatic rings. The van der Waals surface area contributed by atoms with Crippen LogP contribution in [0.2, 0.25) is 0 Å². The molecule has 3 rings (SSSR count). The molecule has 1 aromatic heterocycles. The van der Waals surface area contributed by atoms with Crippen LogP contribution in [0.25, 0.3) is 11.4 Å². The summed E-state index contributed by atoms with van der Waals surface area (Å²) in [5.41, 5.74) is -1.04. The van der Waals surface area contributed by atoms with E-state index in [1.807, 2.05) is 18.2 Å². The van der Waals surface area contributed by atoms with Crippen LogP contribution in [0.4, 0.5) is 0 Å². The summed E-state index contributed by atoms with van der Waals surface area (Å²) in [6, 6.07) is 9.08. The number of ether oxygens (including phenoxy) is 3. The minimum atomic E-state index is -1.96. The van der Waals surface area contributed by atoms with Crippen LogP contribution < -0.4 is 5.56 Å². The molecule has 1 aliphatic heterocycles. The first-order valence-corrected chi connectivity index (χ1v) is 8.67. The van der Waals surface area contributed by atoms with Crippen molar-refractivity contribution in [3.63, 3.8) is 0 Å². The van der Waals surface area contributed by atoms with Gasteiger partial charge >= 0.3 is 11.9 Å². The number of nitrogens with zero attached hydrogens (tertiary/aromatic N) is 1. The number of fused-ring (bicyclic) bond motifs is 1. The number of hydrogen-bond acceptors (Lipinski definition) is 7. The van der Waals surface area contributed by atoms with Gasteiger partial charge < -0.3 is 19.2 Å². The first-order valence-electron chi connectivity index (χ1n) is 8.67. The Labute approximate surface area is 155 Å². The summed E-state index contributed by atoms with van der Waals surface area (Å²) >= 11 is 0. The first-order chi connectivity index (χ1) is 13.0. The number of esters is 2. The summed E-state index contributed by atoms with van der Waals surface area (Å²) in [6.07, 6.45) is -0.232. The number of aromatic nitrogens is 2. The monoisotopic (exact) mass is 372 g/mol. The maximum atomic E-state index is 12.5. The first kappa shape index (κ1) is 18.8. The Hall–Kier alpha value is -3.00. The third-order valence-electron chi connectivity index (χ3n) is 4.24. The highest BCUT2D eigenvalue weighted by atomic mass is 16.6. The lowest BCUT2D eigenvalue weighted by Gasteiger charge is -2.32. The number of H-pyrrole nitrogens is 1. The van der Waals surface area contributed by atoms with Gasteiger partial charge in [0.1, 0.15) is 5.82 Å². The van der Waals surface area contributed by atoms with E-state index in [0.29, 0.717) is 17.1 Å². The zero-order valence-electron chi connectivity index (χ0n) is 15.1. The second kappa shape index (κ2) is 7.71. The average Bonchev–Trinajstić information content (AvgIpc) is 2.68. The van der Waals surface area contributed by atoms with Crippen LogP contribution in [0.15, 0.2) is 35.1 Å². The maximum Gasteiger partial charge on any atom is 0.350 e. The molecule has 0 saturated carbocycles. The summed E-state index contributed by atoms with van der Waals surface area (Å²) in [6.45, 7) is 3.17. The van der Waals surface area contributed by atoms with Gasteiger partial charge in [-0.1, -0.05) is 30.3 Å². The molecule has 2 heterocycles. The highest BCUT2D eigenvalue weighted by Gasteiger charge is 2.53. The van der Waals surface area contributed by atoms with Crippen molar-refractivity contribution in [3.8, 4) is 11.4 Å². The predicted molar refractivity (Wildman–Crippen MR) is 94.8 cm³/mol. The molecular weight excluding hydrogens is 352 g/mol. The lowest BCUT2D eigenvalue weighted by atomic mass is 9.92. The quantitative estimate of drug-likeness (QED) is 0.624. The van der Waals surface area contributed by atoms with Crippen molar-refractivity contribution < 1.29 is 23.8 Å². The number of benzene rings is 1. The van der Waals surface area contributed by atoms with Gasteiger partial charge in [0, 0.05) is 12.0 Å². The molecular formula is C19H20N2O6. The zero-order chi connectivity index (χ0) is 19.4. The van der Waals surface area contributed by atoms with Crippen molar-refractivity contribution in [2.75, 3.05) is 13.2 Å². The molecule has 0 saturated heterocycles. The van der Waals surface area contributed by atoms with E-state index in [1.165, 1.54) is 0 Å². The van der Waals surface area contributed by atoms with Gasteiger partial charge in [-0.25, -0.2) is 14.6 Å². The topological polar surface area (TPSA) is 108 Å². The molecule has 0 radical (unpaired) electrons. The van der Waals surface area contributed by atoms with Crippen molar-refractivity contribution in [2.45, 2.75) is 32.5 Å². The molecule has 0 unspecified atom stereocenters. The van der Waals surface area contributed by atoms with E-state index in [9.17, 15) is 14.4 Å². The minimum absolute atomic E-state index is 0.0777. The van der Waals surface area contributed by atoms with Crippen molar-refractivity contribution in [2.24, 2.45) is 0 Å². The van der Waals surface area contributed by atoms with Gasteiger partial charge in [-0.3, -0.25) is 4.79 Å². The summed E-state index contributed by atoms with van der Waals surface area (Å²) < 4.78 is 15.6. The molecule has 0 aliphatic carbocycles. The summed E-state index contributed by atoms with van der Waals surface area (Å²) in [4.78, 5) is 44.7. The number of hydrogen-bond donors (Lipinski definition) is 1. The van der Waals surface area contributed by atoms with E-state index >= 15 is 0 Å². The SMILES string of the molecule is CCOC(=O)C1(C(=O)OCC)Cc2nc(-c3ccccc3)[nH]c(=O)c2CO1. The fourth-order valence-electron chi connectivity index (χ4n) is 2.90. The van der Waals surface area contributed by atoms with Gasteiger partial charge in [-0.05, 0) is 13.8 Å². The van der Waals surface area contributed by atoms with Crippen LogP contribution in [0.3, 0.4) is 0 Å². The Morgan fingerprint density at radius 1 is 1.15 bits per heavy atom. The smallest absolute Gasteiger partial charge is 0.350 e. The van der Waals surface area contributed by atoms with E-state index in [1.54, 1.807) is 26.0 Å². The van der Waals surface area contributed by atoms with Crippen molar-refractivity contribution >= 4 is 11.9 Å².